The SMILES string of the molecule is COC(=O)c1nn(Cc2c(Cl)c(C)nn2C)cc1N. The van der Waals surface area contributed by atoms with Gasteiger partial charge in [-0.3, -0.25) is 9.36 Å². The molecule has 102 valence electrons. The second-order valence-corrected chi connectivity index (χ2v) is 4.47. The normalized spacial score (nSPS) is 10.7. The predicted octanol–water partition coefficient (Wildman–Crippen LogP) is 0.996. The van der Waals surface area contributed by atoms with Crippen LogP contribution in [0.1, 0.15) is 21.9 Å². The molecule has 0 amide bonds. The zero-order valence-corrected chi connectivity index (χ0v) is 11.6. The van der Waals surface area contributed by atoms with Crippen LogP contribution in [-0.4, -0.2) is 32.6 Å². The van der Waals surface area contributed by atoms with Crippen LogP contribution in [0.15, 0.2) is 6.20 Å². The molecule has 0 aromatic carbocycles. The minimum atomic E-state index is -0.566. The summed E-state index contributed by atoms with van der Waals surface area (Å²) in [6.45, 7) is 2.19. The van der Waals surface area contributed by atoms with Crippen molar-refractivity contribution in [1.29, 1.82) is 0 Å². The molecular weight excluding hydrogens is 270 g/mol. The fraction of sp³-hybridized carbons (Fsp3) is 0.364. The Morgan fingerprint density at radius 1 is 1.53 bits per heavy atom. The van der Waals surface area contributed by atoms with E-state index in [1.807, 2.05) is 6.92 Å². The van der Waals surface area contributed by atoms with Gasteiger partial charge in [0.1, 0.15) is 0 Å². The van der Waals surface area contributed by atoms with Gasteiger partial charge in [0, 0.05) is 13.2 Å². The van der Waals surface area contributed by atoms with Crippen LogP contribution in [0.5, 0.6) is 0 Å². The van der Waals surface area contributed by atoms with Crippen molar-refractivity contribution in [2.24, 2.45) is 7.05 Å². The molecule has 2 aromatic heterocycles. The molecule has 2 N–H and O–H groups in total. The zero-order valence-electron chi connectivity index (χ0n) is 10.8. The van der Waals surface area contributed by atoms with Crippen molar-refractivity contribution in [3.05, 3.63) is 28.3 Å². The molecule has 19 heavy (non-hydrogen) atoms. The van der Waals surface area contributed by atoms with Gasteiger partial charge in [0.15, 0.2) is 5.69 Å². The molecule has 0 fully saturated rings. The molecule has 0 saturated heterocycles. The van der Waals surface area contributed by atoms with Gasteiger partial charge < -0.3 is 10.5 Å². The maximum Gasteiger partial charge on any atom is 0.360 e. The predicted molar refractivity (Wildman–Crippen MR) is 70.0 cm³/mol. The molecule has 2 heterocycles. The monoisotopic (exact) mass is 283 g/mol. The summed E-state index contributed by atoms with van der Waals surface area (Å²) in [7, 11) is 3.07. The number of methoxy groups -OCH3 is 1. The first-order chi connectivity index (χ1) is 8.93. The van der Waals surface area contributed by atoms with Gasteiger partial charge in [-0.05, 0) is 6.92 Å². The summed E-state index contributed by atoms with van der Waals surface area (Å²) in [6.07, 6.45) is 1.56. The fourth-order valence-corrected chi connectivity index (χ4v) is 2.00. The number of nitrogen functional groups attached to an aromatic ring is 1. The molecule has 0 aliphatic heterocycles. The van der Waals surface area contributed by atoms with Crippen molar-refractivity contribution in [2.75, 3.05) is 12.8 Å². The van der Waals surface area contributed by atoms with Crippen LogP contribution in [0.3, 0.4) is 0 Å². The average Bonchev–Trinajstić information content (AvgIpc) is 2.84. The van der Waals surface area contributed by atoms with E-state index in [1.165, 1.54) is 11.8 Å². The summed E-state index contributed by atoms with van der Waals surface area (Å²) in [5.41, 5.74) is 7.61. The first-order valence-electron chi connectivity index (χ1n) is 5.53. The minimum absolute atomic E-state index is 0.0949. The summed E-state index contributed by atoms with van der Waals surface area (Å²) in [5, 5.41) is 8.87. The quantitative estimate of drug-likeness (QED) is 0.849. The molecule has 0 aliphatic carbocycles. The van der Waals surface area contributed by atoms with Gasteiger partial charge in [0.2, 0.25) is 0 Å². The van der Waals surface area contributed by atoms with Gasteiger partial charge in [0.05, 0.1) is 35.8 Å². The third-order valence-corrected chi connectivity index (χ3v) is 3.23. The van der Waals surface area contributed by atoms with E-state index >= 15 is 0 Å². The van der Waals surface area contributed by atoms with Crippen LogP contribution in [0, 0.1) is 6.92 Å². The average molecular weight is 284 g/mol. The van der Waals surface area contributed by atoms with Gasteiger partial charge >= 0.3 is 5.97 Å². The summed E-state index contributed by atoms with van der Waals surface area (Å²) in [4.78, 5) is 11.4. The molecule has 7 nitrogen and oxygen atoms in total. The number of hydrogen-bond donors (Lipinski definition) is 1. The van der Waals surface area contributed by atoms with E-state index in [0.717, 1.165) is 11.4 Å². The highest BCUT2D eigenvalue weighted by molar-refractivity contribution is 6.31. The molecule has 0 bridgehead atoms. The molecule has 0 spiro atoms. The van der Waals surface area contributed by atoms with E-state index in [9.17, 15) is 4.79 Å². The van der Waals surface area contributed by atoms with Gasteiger partial charge in [0.25, 0.3) is 0 Å². The highest BCUT2D eigenvalue weighted by Gasteiger charge is 2.17. The van der Waals surface area contributed by atoms with Crippen LogP contribution < -0.4 is 5.73 Å². The largest absolute Gasteiger partial charge is 0.464 e. The smallest absolute Gasteiger partial charge is 0.360 e. The fourth-order valence-electron chi connectivity index (χ4n) is 1.78. The number of anilines is 1. The minimum Gasteiger partial charge on any atom is -0.464 e. The van der Waals surface area contributed by atoms with E-state index in [1.54, 1.807) is 17.9 Å². The van der Waals surface area contributed by atoms with Crippen LogP contribution in [0.4, 0.5) is 5.69 Å². The van der Waals surface area contributed by atoms with Crippen molar-refractivity contribution in [3.63, 3.8) is 0 Å². The second kappa shape index (κ2) is 4.93. The molecule has 2 aromatic rings. The van der Waals surface area contributed by atoms with E-state index in [-0.39, 0.29) is 11.4 Å². The molecule has 0 atom stereocenters. The number of esters is 1. The number of nitrogens with zero attached hydrogens (tertiary/aromatic N) is 4. The molecular formula is C11H14ClN5O2. The Labute approximate surface area is 114 Å². The van der Waals surface area contributed by atoms with Crippen molar-refractivity contribution < 1.29 is 9.53 Å². The maximum atomic E-state index is 11.4. The lowest BCUT2D eigenvalue weighted by molar-refractivity contribution is 0.0594. The van der Waals surface area contributed by atoms with Gasteiger partial charge in [-0.2, -0.15) is 10.2 Å². The lowest BCUT2D eigenvalue weighted by Crippen LogP contribution is -2.09. The van der Waals surface area contributed by atoms with Gasteiger partial charge in [-0.25, -0.2) is 4.79 Å². The standard InChI is InChI=1S/C11H14ClN5O2/c1-6-9(12)8(16(2)14-6)5-17-4-7(13)10(15-17)11(18)19-3/h4H,5,13H2,1-3H3. The number of rotatable bonds is 3. The Balaban J connectivity index is 2.32. The number of nitrogens with two attached hydrogens (primary N) is 1. The number of carbonyl (C=O) groups excluding carboxylic acids is 1. The third-order valence-electron chi connectivity index (χ3n) is 2.74. The first kappa shape index (κ1) is 13.4. The molecule has 8 heteroatoms. The van der Waals surface area contributed by atoms with E-state index in [4.69, 9.17) is 17.3 Å². The van der Waals surface area contributed by atoms with Crippen molar-refractivity contribution in [2.45, 2.75) is 13.5 Å². The summed E-state index contributed by atoms with van der Waals surface area (Å²) in [5.74, 6) is -0.566. The highest BCUT2D eigenvalue weighted by Crippen LogP contribution is 2.21. The van der Waals surface area contributed by atoms with E-state index in [2.05, 4.69) is 14.9 Å². The summed E-state index contributed by atoms with van der Waals surface area (Å²) < 4.78 is 7.80. The Morgan fingerprint density at radius 3 is 2.74 bits per heavy atom. The molecule has 0 radical (unpaired) electrons. The number of halogens is 1. The van der Waals surface area contributed by atoms with Gasteiger partial charge in [-0.1, -0.05) is 11.6 Å². The molecule has 0 aliphatic rings. The second-order valence-electron chi connectivity index (χ2n) is 4.09. The molecule has 0 unspecified atom stereocenters. The van der Waals surface area contributed by atoms with E-state index < -0.39 is 5.97 Å². The van der Waals surface area contributed by atoms with Crippen LogP contribution in [0.2, 0.25) is 5.02 Å². The van der Waals surface area contributed by atoms with Crippen LogP contribution >= 0.6 is 11.6 Å². The number of ether oxygens (including phenoxy) is 1. The number of aryl methyl sites for hydroxylation is 2. The maximum absolute atomic E-state index is 11.4. The summed E-state index contributed by atoms with van der Waals surface area (Å²) in [6, 6.07) is 0. The molecule has 2 rings (SSSR count). The number of carbonyl (C=O) groups is 1. The lowest BCUT2D eigenvalue weighted by atomic mass is 10.3. The van der Waals surface area contributed by atoms with Crippen molar-refractivity contribution in [1.82, 2.24) is 19.6 Å². The Bertz CT molecular complexity index is 631. The Morgan fingerprint density at radius 2 is 2.21 bits per heavy atom. The molecule has 0 saturated carbocycles. The Hall–Kier alpha value is -2.02. The number of hydrogen-bond acceptors (Lipinski definition) is 5. The van der Waals surface area contributed by atoms with Gasteiger partial charge in [-0.15, -0.1) is 0 Å². The lowest BCUT2D eigenvalue weighted by Gasteiger charge is -2.02. The van der Waals surface area contributed by atoms with E-state index in [0.29, 0.717) is 11.6 Å². The zero-order chi connectivity index (χ0) is 14.2. The van der Waals surface area contributed by atoms with Crippen molar-refractivity contribution in [3.8, 4) is 0 Å². The van der Waals surface area contributed by atoms with Crippen molar-refractivity contribution >= 4 is 23.3 Å². The summed E-state index contributed by atoms with van der Waals surface area (Å²) >= 11 is 6.15. The topological polar surface area (TPSA) is 88.0 Å². The number of aromatic nitrogens is 4. The highest BCUT2D eigenvalue weighted by atomic mass is 35.5. The first-order valence-corrected chi connectivity index (χ1v) is 5.91. The Kier molecular flexibility index (Phi) is 3.48. The van der Waals surface area contributed by atoms with Crippen LogP contribution in [0.25, 0.3) is 0 Å². The third kappa shape index (κ3) is 2.41. The van der Waals surface area contributed by atoms with Crippen LogP contribution in [-0.2, 0) is 18.3 Å².